The van der Waals surface area contributed by atoms with Gasteiger partial charge in [-0.3, -0.25) is 10.1 Å². The lowest BCUT2D eigenvalue weighted by Crippen LogP contribution is -2.49. The molecule has 0 aliphatic carbocycles. The number of piperazine rings is 1. The van der Waals surface area contributed by atoms with Crippen LogP contribution in [0.5, 0.6) is 0 Å². The summed E-state index contributed by atoms with van der Waals surface area (Å²) in [7, 11) is -4.04. The third-order valence-corrected chi connectivity index (χ3v) is 6.31. The summed E-state index contributed by atoms with van der Waals surface area (Å²) in [6.45, 7) is 0.599. The number of para-hydroxylation sites is 1. The minimum atomic E-state index is -4.04. The van der Waals surface area contributed by atoms with Crippen molar-refractivity contribution in [1.82, 2.24) is 4.31 Å². The monoisotopic (exact) mass is 390 g/mol. The fourth-order valence-corrected chi connectivity index (χ4v) is 4.60. The molecule has 2 aromatic carbocycles. The summed E-state index contributed by atoms with van der Waals surface area (Å²) >= 11 is 0. The molecule has 0 N–H and O–H groups in total. The number of hydrogen-bond donors (Lipinski definition) is 0. The van der Waals surface area contributed by atoms with Crippen molar-refractivity contribution in [3.8, 4) is 6.07 Å². The number of sulfonamides is 1. The predicted octanol–water partition coefficient (Wildman–Crippen LogP) is 2.12. The third kappa shape index (κ3) is 3.47. The molecule has 0 saturated carbocycles. The summed E-state index contributed by atoms with van der Waals surface area (Å²) in [6.07, 6.45) is 0. The molecular weight excluding hydrogens is 375 g/mol. The van der Waals surface area contributed by atoms with E-state index in [4.69, 9.17) is 5.26 Å². The Labute approximate surface area is 155 Å². The normalized spacial score (nSPS) is 15.3. The van der Waals surface area contributed by atoms with Crippen LogP contribution in [0.2, 0.25) is 0 Å². The molecule has 1 fully saturated rings. The van der Waals surface area contributed by atoms with Crippen molar-refractivity contribution in [3.63, 3.8) is 0 Å². The van der Waals surface area contributed by atoms with Gasteiger partial charge in [-0.2, -0.15) is 9.57 Å². The number of nitriles is 1. The molecule has 1 heterocycles. The van der Waals surface area contributed by atoms with Crippen molar-refractivity contribution in [2.24, 2.45) is 0 Å². The Bertz CT molecular complexity index is 1030. The van der Waals surface area contributed by atoms with Crippen molar-refractivity contribution >= 4 is 21.4 Å². The second-order valence-corrected chi connectivity index (χ2v) is 7.77. The van der Waals surface area contributed by atoms with E-state index in [0.717, 1.165) is 10.4 Å². The van der Waals surface area contributed by atoms with E-state index in [0.29, 0.717) is 5.69 Å². The van der Waals surface area contributed by atoms with E-state index in [2.05, 4.69) is 0 Å². The second-order valence-electron chi connectivity index (χ2n) is 5.86. The van der Waals surface area contributed by atoms with E-state index in [-0.39, 0.29) is 36.6 Å². The summed E-state index contributed by atoms with van der Waals surface area (Å²) in [5, 5.41) is 20.3. The lowest BCUT2D eigenvalue weighted by atomic mass is 10.1. The number of nitro benzene ring substituents is 1. The van der Waals surface area contributed by atoms with Crippen LogP contribution in [0.3, 0.4) is 0 Å². The average molecular weight is 390 g/mol. The van der Waals surface area contributed by atoms with Crippen LogP contribution in [-0.4, -0.2) is 43.8 Å². The van der Waals surface area contributed by atoms with E-state index >= 15 is 0 Å². The van der Waals surface area contributed by atoms with Gasteiger partial charge in [-0.1, -0.05) is 18.2 Å². The van der Waals surface area contributed by atoms with Crippen molar-refractivity contribution in [3.05, 3.63) is 64.0 Å². The lowest BCUT2D eigenvalue weighted by Gasteiger charge is -2.35. The molecule has 0 amide bonds. The summed E-state index contributed by atoms with van der Waals surface area (Å²) < 4.78 is 40.6. The van der Waals surface area contributed by atoms with Gasteiger partial charge in [-0.05, 0) is 18.2 Å². The van der Waals surface area contributed by atoms with Gasteiger partial charge in [0.1, 0.15) is 17.4 Å². The molecular formula is C17H15FN4O4S. The Kier molecular flexibility index (Phi) is 5.07. The number of nitro groups is 1. The van der Waals surface area contributed by atoms with Crippen LogP contribution < -0.4 is 4.90 Å². The number of halogens is 1. The van der Waals surface area contributed by atoms with Crippen molar-refractivity contribution in [2.75, 3.05) is 31.1 Å². The standard InChI is InChI=1S/C17H15FN4O4S/c18-14-4-3-6-15(13(14)12-19)20-8-10-21(11-9-20)27(25,26)17-7-2-1-5-16(17)22(23)24/h1-7H,8-11H2. The molecule has 0 aromatic heterocycles. The summed E-state index contributed by atoms with van der Waals surface area (Å²) in [5.74, 6) is -0.634. The van der Waals surface area contributed by atoms with Crippen LogP contribution in [0.4, 0.5) is 15.8 Å². The number of hydrogen-bond acceptors (Lipinski definition) is 6. The summed E-state index contributed by atoms with van der Waals surface area (Å²) in [6, 6.07) is 11.3. The molecule has 10 heteroatoms. The maximum absolute atomic E-state index is 13.8. The number of rotatable bonds is 4. The number of benzene rings is 2. The quantitative estimate of drug-likeness (QED) is 0.584. The van der Waals surface area contributed by atoms with Gasteiger partial charge in [-0.25, -0.2) is 12.8 Å². The molecule has 0 spiro atoms. The van der Waals surface area contributed by atoms with Gasteiger partial charge in [0.05, 0.1) is 10.6 Å². The topological polar surface area (TPSA) is 108 Å². The van der Waals surface area contributed by atoms with Gasteiger partial charge in [0, 0.05) is 32.2 Å². The number of anilines is 1. The molecule has 0 radical (unpaired) electrons. The van der Waals surface area contributed by atoms with Gasteiger partial charge in [-0.15, -0.1) is 0 Å². The third-order valence-electron chi connectivity index (χ3n) is 4.36. The molecule has 8 nitrogen and oxygen atoms in total. The maximum Gasteiger partial charge on any atom is 0.289 e. The van der Waals surface area contributed by atoms with Crippen LogP contribution >= 0.6 is 0 Å². The first-order valence-corrected chi connectivity index (χ1v) is 9.47. The molecule has 1 saturated heterocycles. The van der Waals surface area contributed by atoms with Crippen LogP contribution in [0.25, 0.3) is 0 Å². The zero-order valence-corrected chi connectivity index (χ0v) is 14.9. The molecule has 1 aliphatic rings. The first kappa shape index (κ1) is 18.8. The SMILES string of the molecule is N#Cc1c(F)cccc1N1CCN(S(=O)(=O)c2ccccc2[N+](=O)[O-])CC1. The zero-order valence-electron chi connectivity index (χ0n) is 14.1. The Morgan fingerprint density at radius 1 is 1.07 bits per heavy atom. The van der Waals surface area contributed by atoms with Gasteiger partial charge in [0.25, 0.3) is 5.69 Å². The Hall–Kier alpha value is -3.03. The predicted molar refractivity (Wildman–Crippen MR) is 95.2 cm³/mol. The Morgan fingerprint density at radius 3 is 2.37 bits per heavy atom. The lowest BCUT2D eigenvalue weighted by molar-refractivity contribution is -0.387. The minimum Gasteiger partial charge on any atom is -0.368 e. The van der Waals surface area contributed by atoms with Crippen molar-refractivity contribution in [2.45, 2.75) is 4.90 Å². The molecule has 3 rings (SSSR count). The van der Waals surface area contributed by atoms with E-state index in [1.165, 1.54) is 30.3 Å². The molecule has 2 aromatic rings. The highest BCUT2D eigenvalue weighted by molar-refractivity contribution is 7.89. The fraction of sp³-hybridized carbons (Fsp3) is 0.235. The van der Waals surface area contributed by atoms with Crippen molar-refractivity contribution < 1.29 is 17.7 Å². The largest absolute Gasteiger partial charge is 0.368 e. The van der Waals surface area contributed by atoms with Crippen LogP contribution in [-0.2, 0) is 10.0 Å². The highest BCUT2D eigenvalue weighted by atomic mass is 32.2. The van der Waals surface area contributed by atoms with Gasteiger partial charge in [0.2, 0.25) is 10.0 Å². The van der Waals surface area contributed by atoms with E-state index in [1.54, 1.807) is 11.0 Å². The fourth-order valence-electron chi connectivity index (χ4n) is 3.02. The average Bonchev–Trinajstić information content (AvgIpc) is 2.68. The van der Waals surface area contributed by atoms with Gasteiger partial charge >= 0.3 is 0 Å². The molecule has 0 bridgehead atoms. The molecule has 1 aliphatic heterocycles. The first-order chi connectivity index (χ1) is 12.9. The van der Waals surface area contributed by atoms with E-state index in [1.807, 2.05) is 6.07 Å². The van der Waals surface area contributed by atoms with Gasteiger partial charge in [0.15, 0.2) is 4.90 Å². The Morgan fingerprint density at radius 2 is 1.74 bits per heavy atom. The highest BCUT2D eigenvalue weighted by Gasteiger charge is 2.34. The highest BCUT2D eigenvalue weighted by Crippen LogP contribution is 2.29. The van der Waals surface area contributed by atoms with Crippen LogP contribution in [0, 0.1) is 27.3 Å². The smallest absolute Gasteiger partial charge is 0.289 e. The molecule has 0 unspecified atom stereocenters. The molecule has 0 atom stereocenters. The molecule has 140 valence electrons. The second kappa shape index (κ2) is 7.30. The van der Waals surface area contributed by atoms with Gasteiger partial charge < -0.3 is 4.90 Å². The van der Waals surface area contributed by atoms with E-state index in [9.17, 15) is 22.9 Å². The van der Waals surface area contributed by atoms with Crippen LogP contribution in [0.15, 0.2) is 47.4 Å². The van der Waals surface area contributed by atoms with E-state index < -0.39 is 26.5 Å². The Balaban J connectivity index is 1.83. The maximum atomic E-state index is 13.8. The zero-order chi connectivity index (χ0) is 19.6. The number of nitrogens with zero attached hydrogens (tertiary/aromatic N) is 4. The first-order valence-electron chi connectivity index (χ1n) is 8.03. The summed E-state index contributed by atoms with van der Waals surface area (Å²) in [5.41, 5.74) is -0.162. The van der Waals surface area contributed by atoms with Crippen molar-refractivity contribution in [1.29, 1.82) is 5.26 Å². The minimum absolute atomic E-state index is 0.0652. The van der Waals surface area contributed by atoms with Crippen LogP contribution in [0.1, 0.15) is 5.56 Å². The molecule has 27 heavy (non-hydrogen) atoms. The summed E-state index contributed by atoms with van der Waals surface area (Å²) in [4.78, 5) is 11.8.